The molecule has 3 aromatic carbocycles. The zero-order chi connectivity index (χ0) is 37.1. The number of hydrogen-bond donors (Lipinski definition) is 0. The molecule has 3 nitrogen and oxygen atoms in total. The van der Waals surface area contributed by atoms with Crippen LogP contribution in [-0.4, -0.2) is 0 Å². The van der Waals surface area contributed by atoms with Gasteiger partial charge in [-0.2, -0.15) is 0 Å². The zero-order valence-corrected chi connectivity index (χ0v) is 35.2. The molecule has 0 bridgehead atoms. The second-order valence-electron chi connectivity index (χ2n) is 17.0. The lowest BCUT2D eigenvalue weighted by Crippen LogP contribution is -2.13. The third-order valence-electron chi connectivity index (χ3n) is 9.74. The van der Waals surface area contributed by atoms with E-state index in [0.29, 0.717) is 17.8 Å². The fraction of sp³-hybridized carbons (Fsp3) is 0.600. The summed E-state index contributed by atoms with van der Waals surface area (Å²) in [6.07, 6.45) is 0. The summed E-state index contributed by atoms with van der Waals surface area (Å²) in [6, 6.07) is 14.1. The maximum Gasteiger partial charge on any atom is 0.530 e. The Balaban J connectivity index is 2.41. The summed E-state index contributed by atoms with van der Waals surface area (Å²) in [7, 11) is -1.91. The highest BCUT2D eigenvalue weighted by Crippen LogP contribution is 2.53. The Morgan fingerprint density at radius 1 is 0.286 bits per heavy atom. The first kappa shape index (κ1) is 40.9. The fourth-order valence-electron chi connectivity index (χ4n) is 6.26. The van der Waals surface area contributed by atoms with E-state index in [1.165, 1.54) is 50.1 Å². The number of rotatable bonds is 15. The van der Waals surface area contributed by atoms with E-state index in [4.69, 9.17) is 13.6 Å². The Morgan fingerprint density at radius 2 is 0.449 bits per heavy atom. The molecular formula is C45H69O3P. The van der Waals surface area contributed by atoms with Crippen LogP contribution in [0.25, 0.3) is 0 Å². The van der Waals surface area contributed by atoms with Crippen molar-refractivity contribution in [1.82, 2.24) is 0 Å². The molecule has 272 valence electrons. The molecule has 0 heterocycles. The molecule has 0 saturated heterocycles. The average molecular weight is 689 g/mol. The molecular weight excluding hydrogens is 619 g/mol. The van der Waals surface area contributed by atoms with Gasteiger partial charge in [-0.1, -0.05) is 161 Å². The summed E-state index contributed by atoms with van der Waals surface area (Å²) in [5.41, 5.74) is 11.3. The van der Waals surface area contributed by atoms with Crippen molar-refractivity contribution in [2.45, 2.75) is 178 Å². The first-order chi connectivity index (χ1) is 22.7. The minimum absolute atomic E-state index is 0.272. The lowest BCUT2D eigenvalue weighted by molar-refractivity contribution is 0.373. The molecule has 4 heteroatoms. The average Bonchev–Trinajstić information content (AvgIpc) is 2.99. The predicted molar refractivity (Wildman–Crippen MR) is 215 cm³/mol. The van der Waals surface area contributed by atoms with E-state index in [2.05, 4.69) is 161 Å². The Kier molecular flexibility index (Phi) is 14.3. The van der Waals surface area contributed by atoms with E-state index in [9.17, 15) is 0 Å². The van der Waals surface area contributed by atoms with Crippen molar-refractivity contribution in [1.29, 1.82) is 0 Å². The molecule has 0 amide bonds. The van der Waals surface area contributed by atoms with Crippen LogP contribution in [0.3, 0.4) is 0 Å². The molecule has 0 aromatic heterocycles. The third kappa shape index (κ3) is 9.84. The Hall–Kier alpha value is -2.51. The van der Waals surface area contributed by atoms with E-state index in [1.807, 2.05) is 0 Å². The topological polar surface area (TPSA) is 27.7 Å². The highest BCUT2D eigenvalue weighted by molar-refractivity contribution is 7.43. The highest BCUT2D eigenvalue weighted by atomic mass is 31.2. The van der Waals surface area contributed by atoms with Crippen molar-refractivity contribution in [3.63, 3.8) is 0 Å². The van der Waals surface area contributed by atoms with Gasteiger partial charge >= 0.3 is 8.60 Å². The van der Waals surface area contributed by atoms with Gasteiger partial charge in [-0.15, -0.1) is 0 Å². The second-order valence-corrected chi connectivity index (χ2v) is 18.0. The largest absolute Gasteiger partial charge is 0.530 e. The summed E-state index contributed by atoms with van der Waals surface area (Å²) in [5, 5.41) is 0. The van der Waals surface area contributed by atoms with Gasteiger partial charge in [-0.05, 0) is 103 Å². The molecule has 3 rings (SSSR count). The first-order valence-electron chi connectivity index (χ1n) is 19.1. The van der Waals surface area contributed by atoms with Crippen LogP contribution >= 0.6 is 8.60 Å². The predicted octanol–water partition coefficient (Wildman–Crippen LogP) is 15.6. The maximum atomic E-state index is 7.26. The van der Waals surface area contributed by atoms with E-state index in [-0.39, 0.29) is 35.5 Å². The minimum Gasteiger partial charge on any atom is -0.408 e. The van der Waals surface area contributed by atoms with Gasteiger partial charge in [0.25, 0.3) is 0 Å². The van der Waals surface area contributed by atoms with Crippen LogP contribution in [-0.2, 0) is 0 Å². The van der Waals surface area contributed by atoms with Crippen molar-refractivity contribution < 1.29 is 13.6 Å². The highest BCUT2D eigenvalue weighted by Gasteiger charge is 2.32. The SMILES string of the molecule is CC(C)c1cc(C(C)C)c(OP(Oc2c(C(C)C)cc(C(C)C)cc2C(C)C)Oc2c(C(C)C)cc(C(C)C)cc2C(C)C)c(C(C)C)c1. The van der Waals surface area contributed by atoms with E-state index >= 15 is 0 Å². The maximum absolute atomic E-state index is 7.26. The fourth-order valence-corrected chi connectivity index (χ4v) is 7.46. The van der Waals surface area contributed by atoms with Crippen LogP contribution in [0.2, 0.25) is 0 Å². The molecule has 0 atom stereocenters. The Labute approximate surface area is 302 Å². The Morgan fingerprint density at radius 3 is 0.571 bits per heavy atom. The molecule has 49 heavy (non-hydrogen) atoms. The van der Waals surface area contributed by atoms with E-state index in [0.717, 1.165) is 17.2 Å². The van der Waals surface area contributed by atoms with E-state index < -0.39 is 8.60 Å². The second kappa shape index (κ2) is 17.1. The van der Waals surface area contributed by atoms with Crippen molar-refractivity contribution >= 4 is 8.60 Å². The van der Waals surface area contributed by atoms with Gasteiger partial charge in [-0.25, -0.2) is 0 Å². The van der Waals surface area contributed by atoms with Gasteiger partial charge < -0.3 is 13.6 Å². The lowest BCUT2D eigenvalue weighted by Gasteiger charge is -2.30. The van der Waals surface area contributed by atoms with Crippen LogP contribution in [0.15, 0.2) is 36.4 Å². The smallest absolute Gasteiger partial charge is 0.408 e. The summed E-state index contributed by atoms with van der Waals surface area (Å²) in [5.74, 6) is 5.61. The number of hydrogen-bond acceptors (Lipinski definition) is 3. The molecule has 0 aliphatic carbocycles. The standard InChI is InChI=1S/C45H69O3P/c1-25(2)34-19-37(28(7)8)43(38(20-34)29(9)10)46-49(47-44-39(30(11)12)21-35(26(3)4)22-40(44)31(13)14)48-45-41(32(15)16)23-36(27(5)6)24-42(45)33(17)18/h19-33H,1-18H3. The van der Waals surface area contributed by atoms with Crippen molar-refractivity contribution in [2.24, 2.45) is 0 Å². The van der Waals surface area contributed by atoms with Crippen LogP contribution < -0.4 is 13.6 Å². The molecule has 0 saturated carbocycles. The van der Waals surface area contributed by atoms with Crippen LogP contribution in [0, 0.1) is 0 Å². The molecule has 0 spiro atoms. The summed E-state index contributed by atoms with van der Waals surface area (Å²) in [4.78, 5) is 0. The van der Waals surface area contributed by atoms with Crippen molar-refractivity contribution in [3.05, 3.63) is 86.5 Å². The van der Waals surface area contributed by atoms with Crippen molar-refractivity contribution in [3.8, 4) is 17.2 Å². The molecule has 0 fully saturated rings. The molecule has 3 aromatic rings. The normalized spacial score (nSPS) is 12.5. The summed E-state index contributed by atoms with van der Waals surface area (Å²) in [6.45, 7) is 40.8. The van der Waals surface area contributed by atoms with Gasteiger partial charge in [0.1, 0.15) is 17.2 Å². The van der Waals surface area contributed by atoms with Gasteiger partial charge in [0, 0.05) is 0 Å². The van der Waals surface area contributed by atoms with Crippen LogP contribution in [0.1, 0.15) is 228 Å². The molecule has 0 N–H and O–H groups in total. The molecule has 0 aliphatic rings. The molecule has 0 radical (unpaired) electrons. The van der Waals surface area contributed by atoms with Crippen LogP contribution in [0.4, 0.5) is 0 Å². The molecule has 0 aliphatic heterocycles. The number of benzene rings is 3. The summed E-state index contributed by atoms with van der Waals surface area (Å²) >= 11 is 0. The minimum atomic E-state index is -1.91. The molecule has 0 unspecified atom stereocenters. The lowest BCUT2D eigenvalue weighted by atomic mass is 9.88. The quantitative estimate of drug-likeness (QED) is 0.149. The van der Waals surface area contributed by atoms with Gasteiger partial charge in [0.2, 0.25) is 0 Å². The first-order valence-corrected chi connectivity index (χ1v) is 20.2. The zero-order valence-electron chi connectivity index (χ0n) is 34.3. The van der Waals surface area contributed by atoms with Crippen LogP contribution in [0.5, 0.6) is 17.2 Å². The van der Waals surface area contributed by atoms with Gasteiger partial charge in [0.15, 0.2) is 0 Å². The Bertz CT molecular complexity index is 1270. The van der Waals surface area contributed by atoms with E-state index in [1.54, 1.807) is 0 Å². The summed E-state index contributed by atoms with van der Waals surface area (Å²) < 4.78 is 21.8. The van der Waals surface area contributed by atoms with Gasteiger partial charge in [-0.3, -0.25) is 0 Å². The van der Waals surface area contributed by atoms with Crippen molar-refractivity contribution in [2.75, 3.05) is 0 Å². The van der Waals surface area contributed by atoms with Gasteiger partial charge in [0.05, 0.1) is 0 Å². The third-order valence-corrected chi connectivity index (χ3v) is 10.7. The monoisotopic (exact) mass is 688 g/mol.